The first-order chi connectivity index (χ1) is 9.49. The summed E-state index contributed by atoms with van der Waals surface area (Å²) in [6.45, 7) is 0.168. The largest absolute Gasteiger partial charge is 0.398 e. The lowest BCUT2D eigenvalue weighted by molar-refractivity contribution is 0.0952. The highest BCUT2D eigenvalue weighted by Gasteiger charge is 2.14. The summed E-state index contributed by atoms with van der Waals surface area (Å²) in [4.78, 5) is 12.1. The second-order valence-corrected chi connectivity index (χ2v) is 5.38. The van der Waals surface area contributed by atoms with Crippen LogP contribution in [0, 0.1) is 5.82 Å². The molecule has 1 amide bonds. The van der Waals surface area contributed by atoms with Crippen LogP contribution in [0.15, 0.2) is 40.9 Å². The first kappa shape index (κ1) is 14.8. The summed E-state index contributed by atoms with van der Waals surface area (Å²) in [5.41, 5.74) is 6.88. The first-order valence-electron chi connectivity index (χ1n) is 5.75. The van der Waals surface area contributed by atoms with Crippen molar-refractivity contribution in [1.82, 2.24) is 5.32 Å². The van der Waals surface area contributed by atoms with Crippen molar-refractivity contribution >= 4 is 39.1 Å². The molecule has 6 heteroatoms. The number of rotatable bonds is 3. The number of hydrogen-bond acceptors (Lipinski definition) is 2. The normalized spacial score (nSPS) is 10.3. The Morgan fingerprint density at radius 2 is 2.10 bits per heavy atom. The minimum atomic E-state index is -0.399. The van der Waals surface area contributed by atoms with Crippen LogP contribution in [0.3, 0.4) is 0 Å². The van der Waals surface area contributed by atoms with E-state index >= 15 is 0 Å². The maximum atomic E-state index is 13.1. The van der Waals surface area contributed by atoms with Gasteiger partial charge in [-0.25, -0.2) is 4.39 Å². The molecule has 0 saturated carbocycles. The Balaban J connectivity index is 2.15. The lowest BCUT2D eigenvalue weighted by Gasteiger charge is -2.10. The average molecular weight is 358 g/mol. The molecular formula is C14H11BrClFN2O. The zero-order valence-corrected chi connectivity index (χ0v) is 12.6. The Labute approximate surface area is 129 Å². The fourth-order valence-corrected chi connectivity index (χ4v) is 2.38. The van der Waals surface area contributed by atoms with Gasteiger partial charge in [0.25, 0.3) is 5.91 Å². The van der Waals surface area contributed by atoms with Gasteiger partial charge in [0, 0.05) is 16.7 Å². The SMILES string of the molecule is Nc1cccc(Cl)c1C(=O)NCc1cc(F)ccc1Br. The maximum absolute atomic E-state index is 13.1. The van der Waals surface area contributed by atoms with Gasteiger partial charge in [0.05, 0.1) is 10.6 Å². The third kappa shape index (κ3) is 3.29. The van der Waals surface area contributed by atoms with Gasteiger partial charge in [-0.05, 0) is 35.9 Å². The second-order valence-electron chi connectivity index (χ2n) is 4.12. The third-order valence-corrected chi connectivity index (χ3v) is 3.81. The van der Waals surface area contributed by atoms with Crippen LogP contribution in [0.4, 0.5) is 10.1 Å². The molecule has 0 atom stereocenters. The summed E-state index contributed by atoms with van der Waals surface area (Å²) in [6.07, 6.45) is 0. The standard InChI is InChI=1S/C14H11BrClFN2O/c15-10-5-4-9(17)6-8(10)7-19-14(20)13-11(16)2-1-3-12(13)18/h1-6H,7,18H2,(H,19,20). The molecule has 2 rings (SSSR count). The second kappa shape index (κ2) is 6.24. The van der Waals surface area contributed by atoms with Crippen LogP contribution in [0.25, 0.3) is 0 Å². The van der Waals surface area contributed by atoms with Crippen LogP contribution >= 0.6 is 27.5 Å². The van der Waals surface area contributed by atoms with Crippen molar-refractivity contribution < 1.29 is 9.18 Å². The Bertz CT molecular complexity index is 643. The first-order valence-corrected chi connectivity index (χ1v) is 6.92. The van der Waals surface area contributed by atoms with Crippen LogP contribution in [0.2, 0.25) is 5.02 Å². The van der Waals surface area contributed by atoms with Gasteiger partial charge in [-0.15, -0.1) is 0 Å². The van der Waals surface area contributed by atoms with E-state index in [0.717, 1.165) is 0 Å². The van der Waals surface area contributed by atoms with Gasteiger partial charge in [0.1, 0.15) is 5.82 Å². The molecule has 0 fully saturated rings. The van der Waals surface area contributed by atoms with E-state index in [4.69, 9.17) is 17.3 Å². The van der Waals surface area contributed by atoms with E-state index in [1.54, 1.807) is 24.3 Å². The Hall–Kier alpha value is -1.59. The zero-order chi connectivity index (χ0) is 14.7. The fraction of sp³-hybridized carbons (Fsp3) is 0.0714. The lowest BCUT2D eigenvalue weighted by Crippen LogP contribution is -2.24. The highest BCUT2D eigenvalue weighted by atomic mass is 79.9. The van der Waals surface area contributed by atoms with E-state index in [-0.39, 0.29) is 22.9 Å². The number of benzene rings is 2. The molecular weight excluding hydrogens is 347 g/mol. The smallest absolute Gasteiger partial charge is 0.255 e. The summed E-state index contributed by atoms with van der Waals surface area (Å²) in [5, 5.41) is 2.94. The van der Waals surface area contributed by atoms with Crippen molar-refractivity contribution in [3.05, 3.63) is 62.8 Å². The Morgan fingerprint density at radius 3 is 2.80 bits per heavy atom. The van der Waals surface area contributed by atoms with E-state index in [0.29, 0.717) is 15.7 Å². The van der Waals surface area contributed by atoms with Crippen LogP contribution in [-0.2, 0) is 6.54 Å². The van der Waals surface area contributed by atoms with Gasteiger partial charge >= 0.3 is 0 Å². The minimum Gasteiger partial charge on any atom is -0.398 e. The molecule has 20 heavy (non-hydrogen) atoms. The summed E-state index contributed by atoms with van der Waals surface area (Å²) < 4.78 is 13.9. The van der Waals surface area contributed by atoms with E-state index < -0.39 is 5.91 Å². The quantitative estimate of drug-likeness (QED) is 0.822. The molecule has 0 bridgehead atoms. The predicted molar refractivity (Wildman–Crippen MR) is 81.1 cm³/mol. The number of anilines is 1. The minimum absolute atomic E-state index is 0.168. The molecule has 0 aliphatic carbocycles. The van der Waals surface area contributed by atoms with E-state index in [1.807, 2.05) is 0 Å². The molecule has 3 nitrogen and oxygen atoms in total. The van der Waals surface area contributed by atoms with Crippen molar-refractivity contribution in [2.24, 2.45) is 0 Å². The molecule has 0 unspecified atom stereocenters. The number of carbonyl (C=O) groups is 1. The number of halogens is 3. The lowest BCUT2D eigenvalue weighted by atomic mass is 10.1. The summed E-state index contributed by atoms with van der Waals surface area (Å²) in [6, 6.07) is 9.11. The number of amides is 1. The van der Waals surface area contributed by atoms with Gasteiger partial charge in [-0.2, -0.15) is 0 Å². The van der Waals surface area contributed by atoms with Crippen molar-refractivity contribution in [2.45, 2.75) is 6.54 Å². The molecule has 0 saturated heterocycles. The summed E-state index contributed by atoms with van der Waals surface area (Å²) >= 11 is 9.25. The Kier molecular flexibility index (Phi) is 4.62. The molecule has 0 aromatic heterocycles. The topological polar surface area (TPSA) is 55.1 Å². The van der Waals surface area contributed by atoms with Gasteiger partial charge in [0.15, 0.2) is 0 Å². The predicted octanol–water partition coefficient (Wildman–Crippen LogP) is 3.75. The summed E-state index contributed by atoms with van der Waals surface area (Å²) in [5.74, 6) is -0.765. The van der Waals surface area contributed by atoms with Gasteiger partial charge in [0.2, 0.25) is 0 Å². The van der Waals surface area contributed by atoms with E-state index in [9.17, 15) is 9.18 Å². The van der Waals surface area contributed by atoms with Crippen molar-refractivity contribution in [3.8, 4) is 0 Å². The van der Waals surface area contributed by atoms with Crippen LogP contribution in [0.1, 0.15) is 15.9 Å². The van der Waals surface area contributed by atoms with E-state index in [2.05, 4.69) is 21.2 Å². The maximum Gasteiger partial charge on any atom is 0.255 e. The molecule has 2 aromatic carbocycles. The molecule has 0 heterocycles. The van der Waals surface area contributed by atoms with Crippen LogP contribution in [0.5, 0.6) is 0 Å². The number of hydrogen-bond donors (Lipinski definition) is 2. The molecule has 0 spiro atoms. The number of nitrogen functional groups attached to an aromatic ring is 1. The fourth-order valence-electron chi connectivity index (χ4n) is 1.72. The van der Waals surface area contributed by atoms with Crippen LogP contribution in [-0.4, -0.2) is 5.91 Å². The molecule has 3 N–H and O–H groups in total. The average Bonchev–Trinajstić information content (AvgIpc) is 2.39. The third-order valence-electron chi connectivity index (χ3n) is 2.72. The van der Waals surface area contributed by atoms with Gasteiger partial charge in [-0.3, -0.25) is 4.79 Å². The van der Waals surface area contributed by atoms with Crippen LogP contribution < -0.4 is 11.1 Å². The van der Waals surface area contributed by atoms with Crippen molar-refractivity contribution in [2.75, 3.05) is 5.73 Å². The number of nitrogens with one attached hydrogen (secondary N) is 1. The van der Waals surface area contributed by atoms with Crippen molar-refractivity contribution in [1.29, 1.82) is 0 Å². The Morgan fingerprint density at radius 1 is 1.35 bits per heavy atom. The molecule has 0 aliphatic rings. The van der Waals surface area contributed by atoms with E-state index in [1.165, 1.54) is 12.1 Å². The number of nitrogens with two attached hydrogens (primary N) is 1. The van der Waals surface area contributed by atoms with Gasteiger partial charge in [-0.1, -0.05) is 33.6 Å². The monoisotopic (exact) mass is 356 g/mol. The molecule has 0 aliphatic heterocycles. The zero-order valence-electron chi connectivity index (χ0n) is 10.3. The molecule has 0 radical (unpaired) electrons. The number of carbonyl (C=O) groups excluding carboxylic acids is 1. The molecule has 2 aromatic rings. The van der Waals surface area contributed by atoms with Gasteiger partial charge < -0.3 is 11.1 Å². The highest BCUT2D eigenvalue weighted by Crippen LogP contribution is 2.22. The summed E-state index contributed by atoms with van der Waals surface area (Å²) in [7, 11) is 0. The molecule has 104 valence electrons. The highest BCUT2D eigenvalue weighted by molar-refractivity contribution is 9.10. The van der Waals surface area contributed by atoms with Crippen molar-refractivity contribution in [3.63, 3.8) is 0 Å².